The van der Waals surface area contributed by atoms with Crippen LogP contribution in [0.25, 0.3) is 11.4 Å². The average molecular weight is 433 g/mol. The molecule has 0 unspecified atom stereocenters. The van der Waals surface area contributed by atoms with E-state index in [9.17, 15) is 4.79 Å². The summed E-state index contributed by atoms with van der Waals surface area (Å²) in [4.78, 5) is 16.4. The van der Waals surface area contributed by atoms with E-state index >= 15 is 0 Å². The number of benzene rings is 2. The fraction of sp³-hybridized carbons (Fsp3) is 0.174. The van der Waals surface area contributed by atoms with Gasteiger partial charge in [0, 0.05) is 17.5 Å². The molecule has 7 heteroatoms. The van der Waals surface area contributed by atoms with Gasteiger partial charge in [-0.05, 0) is 12.1 Å². The van der Waals surface area contributed by atoms with Crippen molar-refractivity contribution in [1.82, 2.24) is 14.8 Å². The quantitative estimate of drug-likeness (QED) is 0.565. The van der Waals surface area contributed by atoms with Gasteiger partial charge < -0.3 is 9.47 Å². The van der Waals surface area contributed by atoms with Crippen molar-refractivity contribution >= 4 is 35.1 Å². The van der Waals surface area contributed by atoms with Crippen LogP contribution in [0.15, 0.2) is 89.0 Å². The van der Waals surface area contributed by atoms with Gasteiger partial charge in [0.1, 0.15) is 0 Å². The zero-order valence-electron chi connectivity index (χ0n) is 16.4. The van der Waals surface area contributed by atoms with E-state index in [0.717, 1.165) is 27.1 Å². The average Bonchev–Trinajstić information content (AvgIpc) is 3.16. The second-order valence-electron chi connectivity index (χ2n) is 7.09. The number of allylic oxidation sites excluding steroid dienone is 2. The third-order valence-electron chi connectivity index (χ3n) is 5.20. The van der Waals surface area contributed by atoms with Gasteiger partial charge in [-0.2, -0.15) is 0 Å². The molecule has 2 atom stereocenters. The third-order valence-corrected chi connectivity index (χ3v) is 7.52. The highest BCUT2D eigenvalue weighted by Gasteiger charge is 2.36. The summed E-state index contributed by atoms with van der Waals surface area (Å²) in [6, 6.07) is 18.1. The van der Waals surface area contributed by atoms with E-state index in [-0.39, 0.29) is 17.2 Å². The minimum Gasteiger partial charge on any atom is -0.305 e. The van der Waals surface area contributed by atoms with Crippen LogP contribution in [-0.4, -0.2) is 37.7 Å². The van der Waals surface area contributed by atoms with Crippen molar-refractivity contribution in [2.45, 2.75) is 21.3 Å². The molecule has 0 radical (unpaired) electrons. The second kappa shape index (κ2) is 8.16. The zero-order chi connectivity index (χ0) is 20.5. The molecule has 2 aliphatic rings. The Hall–Kier alpha value is -2.77. The molecule has 1 amide bonds. The molecule has 2 heterocycles. The largest absolute Gasteiger partial charge is 0.305 e. The maximum Gasteiger partial charge on any atom is 0.238 e. The lowest BCUT2D eigenvalue weighted by molar-refractivity contribution is -0.116. The van der Waals surface area contributed by atoms with Gasteiger partial charge >= 0.3 is 0 Å². The molecule has 0 fully saturated rings. The van der Waals surface area contributed by atoms with Crippen LogP contribution in [0, 0.1) is 0 Å². The molecule has 1 aliphatic heterocycles. The van der Waals surface area contributed by atoms with E-state index in [1.54, 1.807) is 0 Å². The second-order valence-corrected chi connectivity index (χ2v) is 9.26. The predicted molar refractivity (Wildman–Crippen MR) is 123 cm³/mol. The molecule has 1 aliphatic carbocycles. The minimum absolute atomic E-state index is 0.0300. The van der Waals surface area contributed by atoms with Crippen molar-refractivity contribution in [3.8, 4) is 11.4 Å². The van der Waals surface area contributed by atoms with E-state index in [4.69, 9.17) is 0 Å². The molecule has 1 aromatic heterocycles. The first-order chi connectivity index (χ1) is 14.7. The molecule has 30 heavy (non-hydrogen) atoms. The normalized spacial score (nSPS) is 19.4. The standard InChI is InChI=1S/C23H20N4OS2/c1-26-22(16-9-3-2-4-10-16)24-25-23(26)29-15-21(28)27-17-11-5-7-13-19(17)30-20-14-8-6-12-18(20)27/h2-14,17,19H,15H2,1H3/t17-,19-/m0/s1. The smallest absolute Gasteiger partial charge is 0.238 e. The van der Waals surface area contributed by atoms with Gasteiger partial charge in [-0.3, -0.25) is 4.79 Å². The van der Waals surface area contributed by atoms with Gasteiger partial charge in [0.05, 0.1) is 22.7 Å². The summed E-state index contributed by atoms with van der Waals surface area (Å²) in [6.07, 6.45) is 8.38. The van der Waals surface area contributed by atoms with Crippen molar-refractivity contribution in [2.24, 2.45) is 7.05 Å². The van der Waals surface area contributed by atoms with Crippen molar-refractivity contribution < 1.29 is 4.79 Å². The van der Waals surface area contributed by atoms with E-state index in [0.29, 0.717) is 5.75 Å². The van der Waals surface area contributed by atoms with E-state index in [1.165, 1.54) is 11.8 Å². The fourth-order valence-electron chi connectivity index (χ4n) is 3.76. The molecule has 0 bridgehead atoms. The Morgan fingerprint density at radius 2 is 1.80 bits per heavy atom. The summed E-state index contributed by atoms with van der Waals surface area (Å²) < 4.78 is 1.94. The predicted octanol–water partition coefficient (Wildman–Crippen LogP) is 4.58. The van der Waals surface area contributed by atoms with Crippen LogP contribution in [0.1, 0.15) is 0 Å². The first-order valence-electron chi connectivity index (χ1n) is 9.73. The number of hydrogen-bond donors (Lipinski definition) is 0. The van der Waals surface area contributed by atoms with Crippen molar-refractivity contribution in [3.05, 3.63) is 78.9 Å². The monoisotopic (exact) mass is 432 g/mol. The Bertz CT molecular complexity index is 1140. The number of para-hydroxylation sites is 1. The number of hydrogen-bond acceptors (Lipinski definition) is 5. The molecular formula is C23H20N4OS2. The van der Waals surface area contributed by atoms with E-state index in [1.807, 2.05) is 82.9 Å². The van der Waals surface area contributed by atoms with Gasteiger partial charge in [0.15, 0.2) is 11.0 Å². The molecule has 3 aromatic rings. The lowest BCUT2D eigenvalue weighted by atomic mass is 10.0. The summed E-state index contributed by atoms with van der Waals surface area (Å²) in [5, 5.41) is 9.60. The summed E-state index contributed by atoms with van der Waals surface area (Å²) in [6.45, 7) is 0. The van der Waals surface area contributed by atoms with Crippen LogP contribution < -0.4 is 4.90 Å². The van der Waals surface area contributed by atoms with Crippen LogP contribution in [0.3, 0.4) is 0 Å². The lowest BCUT2D eigenvalue weighted by Gasteiger charge is -2.40. The number of thioether (sulfide) groups is 2. The highest BCUT2D eigenvalue weighted by Crippen LogP contribution is 2.43. The highest BCUT2D eigenvalue weighted by molar-refractivity contribution is 8.00. The number of nitrogens with zero attached hydrogens (tertiary/aromatic N) is 4. The number of carbonyl (C=O) groups is 1. The number of fused-ring (bicyclic) bond motifs is 2. The molecule has 5 nitrogen and oxygen atoms in total. The molecule has 2 aromatic carbocycles. The number of aromatic nitrogens is 3. The van der Waals surface area contributed by atoms with Gasteiger partial charge in [-0.25, -0.2) is 0 Å². The Balaban J connectivity index is 1.37. The molecular weight excluding hydrogens is 412 g/mol. The fourth-order valence-corrected chi connectivity index (χ4v) is 5.78. The maximum atomic E-state index is 13.4. The first kappa shape index (κ1) is 19.2. The molecule has 5 rings (SSSR count). The van der Waals surface area contributed by atoms with Crippen LogP contribution >= 0.6 is 23.5 Å². The Labute approximate surface area is 183 Å². The molecule has 0 N–H and O–H groups in total. The van der Waals surface area contributed by atoms with Crippen LogP contribution in [-0.2, 0) is 11.8 Å². The van der Waals surface area contributed by atoms with Gasteiger partial charge in [-0.1, -0.05) is 78.5 Å². The minimum atomic E-state index is 0.0300. The SMILES string of the molecule is Cn1c(SCC(=O)N2c3ccccc3S[C@H]3C=CC=C[C@@H]32)nnc1-c1ccccc1. The van der Waals surface area contributed by atoms with Crippen LogP contribution in [0.4, 0.5) is 5.69 Å². The summed E-state index contributed by atoms with van der Waals surface area (Å²) in [5.41, 5.74) is 1.99. The number of carbonyl (C=O) groups excluding carboxylic acids is 1. The lowest BCUT2D eigenvalue weighted by Crippen LogP contribution is -2.48. The number of amides is 1. The summed E-state index contributed by atoms with van der Waals surface area (Å²) in [7, 11) is 1.94. The third kappa shape index (κ3) is 3.48. The highest BCUT2D eigenvalue weighted by atomic mass is 32.2. The molecule has 0 saturated heterocycles. The zero-order valence-corrected chi connectivity index (χ0v) is 18.0. The first-order valence-corrected chi connectivity index (χ1v) is 11.6. The van der Waals surface area contributed by atoms with Crippen LogP contribution in [0.2, 0.25) is 0 Å². The van der Waals surface area contributed by atoms with Crippen molar-refractivity contribution in [1.29, 1.82) is 0 Å². The Kier molecular flexibility index (Phi) is 5.23. The van der Waals surface area contributed by atoms with Crippen molar-refractivity contribution in [2.75, 3.05) is 10.7 Å². The summed E-state index contributed by atoms with van der Waals surface area (Å²) >= 11 is 3.24. The molecule has 0 spiro atoms. The van der Waals surface area contributed by atoms with Gasteiger partial charge in [0.25, 0.3) is 0 Å². The molecule has 150 valence electrons. The Morgan fingerprint density at radius 1 is 1.03 bits per heavy atom. The number of anilines is 1. The van der Waals surface area contributed by atoms with Gasteiger partial charge in [0.2, 0.25) is 5.91 Å². The number of rotatable bonds is 4. The van der Waals surface area contributed by atoms with Gasteiger partial charge in [-0.15, -0.1) is 22.0 Å². The van der Waals surface area contributed by atoms with E-state index < -0.39 is 0 Å². The Morgan fingerprint density at radius 3 is 2.67 bits per heavy atom. The van der Waals surface area contributed by atoms with Crippen LogP contribution in [0.5, 0.6) is 0 Å². The summed E-state index contributed by atoms with van der Waals surface area (Å²) in [5.74, 6) is 1.18. The topological polar surface area (TPSA) is 51.0 Å². The van der Waals surface area contributed by atoms with E-state index in [2.05, 4.69) is 34.5 Å². The van der Waals surface area contributed by atoms with Crippen molar-refractivity contribution in [3.63, 3.8) is 0 Å². The molecule has 0 saturated carbocycles. The maximum absolute atomic E-state index is 13.4.